The Morgan fingerprint density at radius 1 is 1.50 bits per heavy atom. The number of carbonyl (C=O) groups is 1. The molecule has 1 amide bonds. The molecule has 2 rings (SSSR count). The quantitative estimate of drug-likeness (QED) is 0.583. The fourth-order valence-electron chi connectivity index (χ4n) is 1.72. The normalized spacial score (nSPS) is 10.5. The summed E-state index contributed by atoms with van der Waals surface area (Å²) in [6.45, 7) is 3.94. The lowest BCUT2D eigenvalue weighted by atomic mass is 10.2. The van der Waals surface area contributed by atoms with Gasteiger partial charge in [-0.05, 0) is 37.3 Å². The number of hydrogen-bond acceptors (Lipinski definition) is 4. The second-order valence-electron chi connectivity index (χ2n) is 4.46. The summed E-state index contributed by atoms with van der Waals surface area (Å²) in [6, 6.07) is 5.69. The average Bonchev–Trinajstić information content (AvgIpc) is 2.86. The zero-order chi connectivity index (χ0) is 14.5. The van der Waals surface area contributed by atoms with E-state index in [1.807, 2.05) is 18.2 Å². The Hall–Kier alpha value is -1.95. The molecule has 0 aliphatic heterocycles. The zero-order valence-electron chi connectivity index (χ0n) is 11.6. The van der Waals surface area contributed by atoms with Crippen LogP contribution in [0.25, 0.3) is 0 Å². The summed E-state index contributed by atoms with van der Waals surface area (Å²) < 4.78 is 0. The van der Waals surface area contributed by atoms with Gasteiger partial charge in [0.2, 0.25) is 0 Å². The van der Waals surface area contributed by atoms with Gasteiger partial charge in [-0.15, -0.1) is 11.8 Å². The van der Waals surface area contributed by atoms with Gasteiger partial charge in [0.25, 0.3) is 5.91 Å². The van der Waals surface area contributed by atoms with Crippen LogP contribution in [0.2, 0.25) is 0 Å². The predicted molar refractivity (Wildman–Crippen MR) is 83.1 cm³/mol. The summed E-state index contributed by atoms with van der Waals surface area (Å²) in [5.74, 6) is 0.832. The number of hydrogen-bond donors (Lipinski definition) is 3. The van der Waals surface area contributed by atoms with Crippen molar-refractivity contribution in [3.05, 3.63) is 35.7 Å². The third-order valence-corrected chi connectivity index (χ3v) is 4.02. The zero-order valence-corrected chi connectivity index (χ0v) is 12.4. The maximum atomic E-state index is 12.1. The molecule has 0 bridgehead atoms. The summed E-state index contributed by atoms with van der Waals surface area (Å²) in [5.41, 5.74) is 8.36. The van der Waals surface area contributed by atoms with Crippen molar-refractivity contribution < 1.29 is 4.79 Å². The second kappa shape index (κ2) is 6.47. The van der Waals surface area contributed by atoms with Gasteiger partial charge in [0, 0.05) is 10.6 Å². The van der Waals surface area contributed by atoms with Crippen LogP contribution in [0.4, 0.5) is 11.4 Å². The Morgan fingerprint density at radius 3 is 2.95 bits per heavy atom. The third kappa shape index (κ3) is 3.33. The first-order chi connectivity index (χ1) is 9.61. The SMILES string of the molecule is CCCSc1ccc(N)c(NC(=O)c2cn[nH]c2C)c1. The first-order valence-corrected chi connectivity index (χ1v) is 7.44. The van der Waals surface area contributed by atoms with Crippen LogP contribution >= 0.6 is 11.8 Å². The molecule has 0 radical (unpaired) electrons. The summed E-state index contributed by atoms with van der Waals surface area (Å²) in [5, 5.41) is 9.42. The number of nitrogens with zero attached hydrogens (tertiary/aromatic N) is 1. The third-order valence-electron chi connectivity index (χ3n) is 2.82. The van der Waals surface area contributed by atoms with Gasteiger partial charge in [-0.25, -0.2) is 0 Å². The molecule has 106 valence electrons. The second-order valence-corrected chi connectivity index (χ2v) is 5.63. The highest BCUT2D eigenvalue weighted by atomic mass is 32.2. The largest absolute Gasteiger partial charge is 0.397 e. The molecule has 0 saturated heterocycles. The van der Waals surface area contributed by atoms with E-state index in [2.05, 4.69) is 22.4 Å². The number of thioether (sulfide) groups is 1. The minimum absolute atomic E-state index is 0.208. The molecular formula is C14H18N4OS. The molecule has 1 heterocycles. The van der Waals surface area contributed by atoms with E-state index < -0.39 is 0 Å². The van der Waals surface area contributed by atoms with Gasteiger partial charge in [0.05, 0.1) is 23.1 Å². The molecule has 5 nitrogen and oxygen atoms in total. The van der Waals surface area contributed by atoms with E-state index in [9.17, 15) is 4.79 Å². The van der Waals surface area contributed by atoms with Gasteiger partial charge in [-0.2, -0.15) is 5.10 Å². The number of aromatic amines is 1. The van der Waals surface area contributed by atoms with E-state index >= 15 is 0 Å². The van der Waals surface area contributed by atoms with Crippen molar-refractivity contribution in [2.45, 2.75) is 25.2 Å². The number of nitrogens with one attached hydrogen (secondary N) is 2. The van der Waals surface area contributed by atoms with Crippen LogP contribution in [0, 0.1) is 6.92 Å². The molecule has 4 N–H and O–H groups in total. The van der Waals surface area contributed by atoms with Gasteiger partial charge >= 0.3 is 0 Å². The van der Waals surface area contributed by atoms with Crippen molar-refractivity contribution in [1.82, 2.24) is 10.2 Å². The Morgan fingerprint density at radius 2 is 2.30 bits per heavy atom. The Labute approximate surface area is 122 Å². The highest BCUT2D eigenvalue weighted by Gasteiger charge is 2.12. The number of nitrogen functional groups attached to an aromatic ring is 1. The van der Waals surface area contributed by atoms with Gasteiger partial charge in [0.1, 0.15) is 0 Å². The summed E-state index contributed by atoms with van der Waals surface area (Å²) in [7, 11) is 0. The van der Waals surface area contributed by atoms with Crippen LogP contribution in [0.1, 0.15) is 29.4 Å². The van der Waals surface area contributed by atoms with E-state index in [1.165, 1.54) is 6.20 Å². The molecule has 20 heavy (non-hydrogen) atoms. The maximum absolute atomic E-state index is 12.1. The molecule has 0 saturated carbocycles. The number of nitrogens with two attached hydrogens (primary N) is 1. The highest BCUT2D eigenvalue weighted by Crippen LogP contribution is 2.27. The molecule has 0 aliphatic rings. The van der Waals surface area contributed by atoms with E-state index in [-0.39, 0.29) is 5.91 Å². The van der Waals surface area contributed by atoms with E-state index in [0.29, 0.717) is 16.9 Å². The fraction of sp³-hybridized carbons (Fsp3) is 0.286. The Kier molecular flexibility index (Phi) is 4.68. The van der Waals surface area contributed by atoms with Crippen molar-refractivity contribution in [2.75, 3.05) is 16.8 Å². The molecule has 0 fully saturated rings. The first kappa shape index (κ1) is 14.5. The Bertz CT molecular complexity index is 609. The average molecular weight is 290 g/mol. The molecule has 0 unspecified atom stereocenters. The van der Waals surface area contributed by atoms with Crippen LogP contribution in [-0.4, -0.2) is 21.9 Å². The van der Waals surface area contributed by atoms with Crippen molar-refractivity contribution in [3.63, 3.8) is 0 Å². The lowest BCUT2D eigenvalue weighted by Crippen LogP contribution is -2.13. The summed E-state index contributed by atoms with van der Waals surface area (Å²) in [6.07, 6.45) is 2.61. The van der Waals surface area contributed by atoms with Crippen LogP contribution in [0.15, 0.2) is 29.3 Å². The molecule has 1 aromatic heterocycles. The van der Waals surface area contributed by atoms with E-state index in [1.54, 1.807) is 18.7 Å². The van der Waals surface area contributed by atoms with Gasteiger partial charge in [-0.3, -0.25) is 9.89 Å². The van der Waals surface area contributed by atoms with Crippen LogP contribution < -0.4 is 11.1 Å². The van der Waals surface area contributed by atoms with Crippen LogP contribution in [-0.2, 0) is 0 Å². The maximum Gasteiger partial charge on any atom is 0.259 e. The number of aryl methyl sites for hydroxylation is 1. The monoisotopic (exact) mass is 290 g/mol. The number of H-pyrrole nitrogens is 1. The number of rotatable bonds is 5. The molecule has 0 spiro atoms. The number of benzene rings is 1. The van der Waals surface area contributed by atoms with E-state index in [0.717, 1.165) is 22.8 Å². The van der Waals surface area contributed by atoms with Gasteiger partial charge in [0.15, 0.2) is 0 Å². The van der Waals surface area contributed by atoms with Crippen molar-refractivity contribution >= 4 is 29.0 Å². The number of amides is 1. The molecule has 2 aromatic rings. The molecular weight excluding hydrogens is 272 g/mol. The van der Waals surface area contributed by atoms with Crippen LogP contribution in [0.5, 0.6) is 0 Å². The topological polar surface area (TPSA) is 83.8 Å². The van der Waals surface area contributed by atoms with Crippen LogP contribution in [0.3, 0.4) is 0 Å². The van der Waals surface area contributed by atoms with E-state index in [4.69, 9.17) is 5.73 Å². The molecule has 6 heteroatoms. The standard InChI is InChI=1S/C14H18N4OS/c1-3-6-20-10-4-5-12(15)13(7-10)17-14(19)11-8-16-18-9(11)2/h4-5,7-8H,3,6,15H2,1-2H3,(H,16,18)(H,17,19). The lowest BCUT2D eigenvalue weighted by Gasteiger charge is -2.10. The number of carbonyl (C=O) groups excluding carboxylic acids is 1. The molecule has 0 atom stereocenters. The number of anilines is 2. The van der Waals surface area contributed by atoms with Crippen molar-refractivity contribution in [1.29, 1.82) is 0 Å². The smallest absolute Gasteiger partial charge is 0.259 e. The van der Waals surface area contributed by atoms with Gasteiger partial charge < -0.3 is 11.1 Å². The summed E-state index contributed by atoms with van der Waals surface area (Å²) in [4.78, 5) is 13.2. The van der Waals surface area contributed by atoms with Crippen molar-refractivity contribution in [3.8, 4) is 0 Å². The lowest BCUT2D eigenvalue weighted by molar-refractivity contribution is 0.102. The molecule has 0 aliphatic carbocycles. The van der Waals surface area contributed by atoms with Gasteiger partial charge in [-0.1, -0.05) is 6.92 Å². The Balaban J connectivity index is 2.16. The number of aromatic nitrogens is 2. The minimum Gasteiger partial charge on any atom is -0.397 e. The summed E-state index contributed by atoms with van der Waals surface area (Å²) >= 11 is 1.75. The fourth-order valence-corrected chi connectivity index (χ4v) is 2.53. The highest BCUT2D eigenvalue weighted by molar-refractivity contribution is 7.99. The predicted octanol–water partition coefficient (Wildman–Crippen LogP) is 3.05. The van der Waals surface area contributed by atoms with Crippen molar-refractivity contribution in [2.24, 2.45) is 0 Å². The first-order valence-electron chi connectivity index (χ1n) is 6.45. The molecule has 1 aromatic carbocycles. The minimum atomic E-state index is -0.208.